The lowest BCUT2D eigenvalue weighted by Gasteiger charge is -2.07. The zero-order chi connectivity index (χ0) is 9.07. The molecular formula is C7H12O3S. The van der Waals surface area contributed by atoms with E-state index in [2.05, 4.69) is 13.2 Å². The lowest BCUT2D eigenvalue weighted by molar-refractivity contribution is 0.238. The van der Waals surface area contributed by atoms with Crippen molar-refractivity contribution in [2.24, 2.45) is 0 Å². The molecule has 0 aliphatic carbocycles. The fraction of sp³-hybridized carbons (Fsp3) is 0.429. The highest BCUT2D eigenvalue weighted by Crippen LogP contribution is 2.02. The van der Waals surface area contributed by atoms with Crippen LogP contribution in [-0.4, -0.2) is 31.6 Å². The van der Waals surface area contributed by atoms with E-state index in [0.717, 1.165) is 6.26 Å². The van der Waals surface area contributed by atoms with Crippen molar-refractivity contribution in [2.75, 3.05) is 12.0 Å². The van der Waals surface area contributed by atoms with E-state index < -0.39 is 15.9 Å². The molecule has 0 radical (unpaired) electrons. The molecule has 3 nitrogen and oxygen atoms in total. The van der Waals surface area contributed by atoms with Crippen LogP contribution in [0, 0.1) is 0 Å². The molecule has 1 atom stereocenters. The van der Waals surface area contributed by atoms with E-state index in [9.17, 15) is 8.42 Å². The van der Waals surface area contributed by atoms with E-state index in [-0.39, 0.29) is 5.75 Å². The molecule has 0 spiro atoms. The molecular weight excluding hydrogens is 164 g/mol. The topological polar surface area (TPSA) is 54.4 Å². The lowest BCUT2D eigenvalue weighted by Crippen LogP contribution is -2.20. The van der Waals surface area contributed by atoms with Crippen LogP contribution in [0.3, 0.4) is 0 Å². The quantitative estimate of drug-likeness (QED) is 0.620. The maximum Gasteiger partial charge on any atom is 0.150 e. The zero-order valence-corrected chi connectivity index (χ0v) is 7.26. The Labute approximate surface area is 67.0 Å². The van der Waals surface area contributed by atoms with Crippen LogP contribution in [0.4, 0.5) is 0 Å². The zero-order valence-electron chi connectivity index (χ0n) is 6.45. The van der Waals surface area contributed by atoms with Crippen molar-refractivity contribution >= 4 is 9.84 Å². The first kappa shape index (κ1) is 10.4. The minimum atomic E-state index is -3.14. The molecule has 4 heteroatoms. The Morgan fingerprint density at radius 2 is 2.18 bits per heavy atom. The first-order chi connectivity index (χ1) is 4.87. The second-order valence-electron chi connectivity index (χ2n) is 2.39. The summed E-state index contributed by atoms with van der Waals surface area (Å²) in [6, 6.07) is 0. The van der Waals surface area contributed by atoms with Crippen molar-refractivity contribution in [1.29, 1.82) is 0 Å². The van der Waals surface area contributed by atoms with Gasteiger partial charge in [-0.3, -0.25) is 0 Å². The van der Waals surface area contributed by atoms with Gasteiger partial charge in [-0.2, -0.15) is 0 Å². The molecule has 0 fully saturated rings. The summed E-state index contributed by atoms with van der Waals surface area (Å²) in [4.78, 5) is 0. The Hall–Kier alpha value is -0.610. The van der Waals surface area contributed by atoms with Crippen LogP contribution in [0.5, 0.6) is 0 Å². The standard InChI is InChI=1S/C7H12O3S/c1-4-6(2)7(8)5-11(3,9)10/h4,7-8H,1-2,5H2,3H3. The van der Waals surface area contributed by atoms with Crippen molar-refractivity contribution in [3.8, 4) is 0 Å². The van der Waals surface area contributed by atoms with Crippen molar-refractivity contribution in [3.63, 3.8) is 0 Å². The molecule has 0 heterocycles. The molecule has 0 saturated carbocycles. The highest BCUT2D eigenvalue weighted by atomic mass is 32.2. The third-order valence-electron chi connectivity index (χ3n) is 1.15. The molecule has 64 valence electrons. The molecule has 0 rings (SSSR count). The summed E-state index contributed by atoms with van der Waals surface area (Å²) < 4.78 is 21.3. The van der Waals surface area contributed by atoms with Gasteiger partial charge in [-0.15, -0.1) is 0 Å². The number of sulfone groups is 1. The number of aliphatic hydroxyl groups excluding tert-OH is 1. The molecule has 0 saturated heterocycles. The predicted octanol–water partition coefficient (Wildman–Crippen LogP) is 0.134. The average Bonchev–Trinajstić information content (AvgIpc) is 1.82. The van der Waals surface area contributed by atoms with Crippen LogP contribution in [-0.2, 0) is 9.84 Å². The molecule has 0 bridgehead atoms. The van der Waals surface area contributed by atoms with Gasteiger partial charge >= 0.3 is 0 Å². The highest BCUT2D eigenvalue weighted by Gasteiger charge is 2.12. The maximum absolute atomic E-state index is 10.6. The molecule has 0 aromatic heterocycles. The minimum absolute atomic E-state index is 0.294. The van der Waals surface area contributed by atoms with Gasteiger partial charge in [0.1, 0.15) is 9.84 Å². The third-order valence-corrected chi connectivity index (χ3v) is 2.07. The second kappa shape index (κ2) is 3.69. The maximum atomic E-state index is 10.6. The summed E-state index contributed by atoms with van der Waals surface area (Å²) >= 11 is 0. The van der Waals surface area contributed by atoms with Gasteiger partial charge in [0.2, 0.25) is 0 Å². The van der Waals surface area contributed by atoms with Crippen LogP contribution in [0.1, 0.15) is 0 Å². The first-order valence-electron chi connectivity index (χ1n) is 3.04. The van der Waals surface area contributed by atoms with E-state index in [1.165, 1.54) is 6.08 Å². The van der Waals surface area contributed by atoms with Crippen molar-refractivity contribution < 1.29 is 13.5 Å². The van der Waals surface area contributed by atoms with Gasteiger partial charge in [-0.25, -0.2) is 8.42 Å². The Kier molecular flexibility index (Phi) is 3.48. The first-order valence-corrected chi connectivity index (χ1v) is 5.10. The summed E-state index contributed by atoms with van der Waals surface area (Å²) in [5.41, 5.74) is 0.329. The van der Waals surface area contributed by atoms with Crippen LogP contribution in [0.15, 0.2) is 24.8 Å². The third kappa shape index (κ3) is 4.75. The van der Waals surface area contributed by atoms with Gasteiger partial charge in [0.15, 0.2) is 0 Å². The van der Waals surface area contributed by atoms with E-state index in [1.807, 2.05) is 0 Å². The van der Waals surface area contributed by atoms with E-state index in [4.69, 9.17) is 5.11 Å². The Balaban J connectivity index is 4.20. The minimum Gasteiger partial charge on any atom is -0.387 e. The number of rotatable bonds is 4. The largest absolute Gasteiger partial charge is 0.387 e. The number of aliphatic hydroxyl groups is 1. The Bertz CT molecular complexity index is 251. The van der Waals surface area contributed by atoms with Gasteiger partial charge in [0.25, 0.3) is 0 Å². The fourth-order valence-corrected chi connectivity index (χ4v) is 1.32. The molecule has 11 heavy (non-hydrogen) atoms. The Morgan fingerprint density at radius 3 is 2.45 bits per heavy atom. The summed E-state index contributed by atoms with van der Waals surface area (Å²) in [5.74, 6) is -0.294. The van der Waals surface area contributed by atoms with Crippen molar-refractivity contribution in [3.05, 3.63) is 24.8 Å². The molecule has 1 unspecified atom stereocenters. The average molecular weight is 176 g/mol. The highest BCUT2D eigenvalue weighted by molar-refractivity contribution is 7.90. The molecule has 0 aliphatic heterocycles. The molecule has 0 aromatic carbocycles. The molecule has 0 amide bonds. The fourth-order valence-electron chi connectivity index (χ4n) is 0.530. The monoisotopic (exact) mass is 176 g/mol. The lowest BCUT2D eigenvalue weighted by atomic mass is 10.2. The van der Waals surface area contributed by atoms with E-state index in [1.54, 1.807) is 0 Å². The Morgan fingerprint density at radius 1 is 1.73 bits per heavy atom. The number of hydrogen-bond acceptors (Lipinski definition) is 3. The molecule has 0 aliphatic rings. The van der Waals surface area contributed by atoms with E-state index >= 15 is 0 Å². The van der Waals surface area contributed by atoms with E-state index in [0.29, 0.717) is 5.57 Å². The van der Waals surface area contributed by atoms with Crippen LogP contribution in [0.25, 0.3) is 0 Å². The molecule has 0 aromatic rings. The van der Waals surface area contributed by atoms with Gasteiger partial charge in [0.05, 0.1) is 11.9 Å². The van der Waals surface area contributed by atoms with Crippen LogP contribution >= 0.6 is 0 Å². The second-order valence-corrected chi connectivity index (χ2v) is 4.57. The van der Waals surface area contributed by atoms with Crippen molar-refractivity contribution in [2.45, 2.75) is 6.10 Å². The van der Waals surface area contributed by atoms with Crippen molar-refractivity contribution in [1.82, 2.24) is 0 Å². The predicted molar refractivity (Wildman–Crippen MR) is 45.1 cm³/mol. The van der Waals surface area contributed by atoms with Crippen LogP contribution < -0.4 is 0 Å². The number of hydrogen-bond donors (Lipinski definition) is 1. The summed E-state index contributed by atoms with van der Waals surface area (Å²) in [6.45, 7) is 6.78. The van der Waals surface area contributed by atoms with Gasteiger partial charge in [0, 0.05) is 6.26 Å². The van der Waals surface area contributed by atoms with Gasteiger partial charge in [-0.05, 0) is 5.57 Å². The summed E-state index contributed by atoms with van der Waals surface area (Å²) in [5, 5.41) is 9.10. The summed E-state index contributed by atoms with van der Waals surface area (Å²) in [7, 11) is -3.14. The van der Waals surface area contributed by atoms with Gasteiger partial charge < -0.3 is 5.11 Å². The normalized spacial score (nSPS) is 14.0. The molecule has 1 N–H and O–H groups in total. The van der Waals surface area contributed by atoms with Crippen LogP contribution in [0.2, 0.25) is 0 Å². The smallest absolute Gasteiger partial charge is 0.150 e. The summed E-state index contributed by atoms with van der Waals surface area (Å²) in [6.07, 6.45) is 1.38. The van der Waals surface area contributed by atoms with Gasteiger partial charge in [-0.1, -0.05) is 19.2 Å². The SMILES string of the molecule is C=CC(=C)C(O)CS(C)(=O)=O.